The van der Waals surface area contributed by atoms with E-state index < -0.39 is 0 Å². The molecule has 1 aliphatic rings. The molecule has 7 heteroatoms. The molecule has 0 bridgehead atoms. The molecule has 1 aromatic heterocycles. The molecule has 1 aromatic carbocycles. The van der Waals surface area contributed by atoms with Crippen LogP contribution in [0.15, 0.2) is 41.5 Å². The maximum Gasteiger partial charge on any atom is 0.213 e. The molecule has 0 unspecified atom stereocenters. The van der Waals surface area contributed by atoms with Gasteiger partial charge in [0.15, 0.2) is 17.5 Å². The number of pyridine rings is 1. The Labute approximate surface area is 178 Å². The fraction of sp³-hybridized carbons (Fsp3) is 0.478. The van der Waals surface area contributed by atoms with Crippen molar-refractivity contribution in [3.63, 3.8) is 0 Å². The van der Waals surface area contributed by atoms with E-state index in [0.717, 1.165) is 48.8 Å². The summed E-state index contributed by atoms with van der Waals surface area (Å²) in [6, 6.07) is 9.96. The van der Waals surface area contributed by atoms with Crippen LogP contribution in [0.2, 0.25) is 0 Å². The Kier molecular flexibility index (Phi) is 8.18. The molecule has 1 saturated carbocycles. The Morgan fingerprint density at radius 1 is 1.03 bits per heavy atom. The highest BCUT2D eigenvalue weighted by Gasteiger charge is 2.17. The van der Waals surface area contributed by atoms with Gasteiger partial charge in [-0.3, -0.25) is 4.99 Å². The number of ether oxygens (including phenoxy) is 3. The van der Waals surface area contributed by atoms with Gasteiger partial charge in [0.2, 0.25) is 5.88 Å². The van der Waals surface area contributed by atoms with Gasteiger partial charge in [0, 0.05) is 32.4 Å². The highest BCUT2D eigenvalue weighted by molar-refractivity contribution is 5.79. The van der Waals surface area contributed by atoms with Crippen molar-refractivity contribution in [1.82, 2.24) is 15.6 Å². The van der Waals surface area contributed by atoms with Gasteiger partial charge in [0.25, 0.3) is 0 Å². The normalized spacial score (nSPS) is 14.4. The lowest BCUT2D eigenvalue weighted by atomic mass is 10.1. The van der Waals surface area contributed by atoms with Crippen LogP contribution in [0.5, 0.6) is 17.4 Å². The van der Waals surface area contributed by atoms with Crippen LogP contribution >= 0.6 is 0 Å². The third-order valence-corrected chi connectivity index (χ3v) is 5.23. The van der Waals surface area contributed by atoms with Crippen molar-refractivity contribution in [2.45, 2.75) is 44.8 Å². The standard InChI is InChI=1S/C23H32N4O3/c1-24-23(26-13-10-17-8-9-20(28-2)21(14-17)29-3)27-16-18-11-12-25-22(15-18)30-19-6-4-5-7-19/h8-9,11-12,14-15,19H,4-7,10,13,16H2,1-3H3,(H2,24,26,27). The zero-order valence-corrected chi connectivity index (χ0v) is 18.1. The van der Waals surface area contributed by atoms with Crippen molar-refractivity contribution < 1.29 is 14.2 Å². The summed E-state index contributed by atoms with van der Waals surface area (Å²) in [6.07, 6.45) is 7.70. The molecule has 162 valence electrons. The summed E-state index contributed by atoms with van der Waals surface area (Å²) < 4.78 is 16.6. The molecule has 0 atom stereocenters. The molecule has 0 amide bonds. The van der Waals surface area contributed by atoms with Gasteiger partial charge in [-0.2, -0.15) is 0 Å². The lowest BCUT2D eigenvalue weighted by Crippen LogP contribution is -2.37. The first kappa shape index (κ1) is 21.7. The van der Waals surface area contributed by atoms with Crippen LogP contribution in [0, 0.1) is 0 Å². The van der Waals surface area contributed by atoms with Gasteiger partial charge in [0.05, 0.1) is 14.2 Å². The molecule has 1 fully saturated rings. The summed E-state index contributed by atoms with van der Waals surface area (Å²) in [5, 5.41) is 6.69. The molecule has 0 spiro atoms. The topological polar surface area (TPSA) is 77.0 Å². The highest BCUT2D eigenvalue weighted by atomic mass is 16.5. The molecule has 1 heterocycles. The summed E-state index contributed by atoms with van der Waals surface area (Å²) in [7, 11) is 5.06. The van der Waals surface area contributed by atoms with Crippen LogP contribution in [0.4, 0.5) is 0 Å². The van der Waals surface area contributed by atoms with E-state index >= 15 is 0 Å². The van der Waals surface area contributed by atoms with Crippen molar-refractivity contribution in [2.75, 3.05) is 27.8 Å². The van der Waals surface area contributed by atoms with Gasteiger partial charge in [-0.15, -0.1) is 0 Å². The number of aromatic nitrogens is 1. The van der Waals surface area contributed by atoms with E-state index in [1.54, 1.807) is 27.5 Å². The molecule has 0 saturated heterocycles. The first-order valence-electron chi connectivity index (χ1n) is 10.5. The third kappa shape index (κ3) is 6.27. The molecule has 2 aromatic rings. The molecular weight excluding hydrogens is 380 g/mol. The van der Waals surface area contributed by atoms with Gasteiger partial charge < -0.3 is 24.8 Å². The number of aliphatic imine (C=N–C) groups is 1. The molecule has 0 radical (unpaired) electrons. The second kappa shape index (κ2) is 11.3. The Morgan fingerprint density at radius 2 is 1.83 bits per heavy atom. The quantitative estimate of drug-likeness (QED) is 0.486. The van der Waals surface area contributed by atoms with Crippen molar-refractivity contribution in [3.05, 3.63) is 47.7 Å². The molecule has 30 heavy (non-hydrogen) atoms. The monoisotopic (exact) mass is 412 g/mol. The van der Waals surface area contributed by atoms with Gasteiger partial charge in [-0.25, -0.2) is 4.98 Å². The number of hydrogen-bond donors (Lipinski definition) is 2. The Morgan fingerprint density at radius 3 is 2.57 bits per heavy atom. The number of benzene rings is 1. The first-order chi connectivity index (χ1) is 14.7. The van der Waals surface area contributed by atoms with Crippen LogP contribution < -0.4 is 24.8 Å². The zero-order chi connectivity index (χ0) is 21.2. The van der Waals surface area contributed by atoms with Gasteiger partial charge in [-0.05, 0) is 61.4 Å². The Balaban J connectivity index is 1.46. The molecule has 1 aliphatic carbocycles. The minimum atomic E-state index is 0.312. The number of rotatable bonds is 9. The van der Waals surface area contributed by atoms with E-state index in [2.05, 4.69) is 20.6 Å². The zero-order valence-electron chi connectivity index (χ0n) is 18.1. The van der Waals surface area contributed by atoms with Crippen molar-refractivity contribution >= 4 is 5.96 Å². The van der Waals surface area contributed by atoms with E-state index in [1.165, 1.54) is 18.4 Å². The first-order valence-corrected chi connectivity index (χ1v) is 10.5. The van der Waals surface area contributed by atoms with E-state index in [0.29, 0.717) is 18.5 Å². The number of nitrogens with one attached hydrogen (secondary N) is 2. The fourth-order valence-corrected chi connectivity index (χ4v) is 3.57. The lowest BCUT2D eigenvalue weighted by Gasteiger charge is -2.14. The molecular formula is C23H32N4O3. The highest BCUT2D eigenvalue weighted by Crippen LogP contribution is 2.27. The Bertz CT molecular complexity index is 835. The van der Waals surface area contributed by atoms with Crippen molar-refractivity contribution in [1.29, 1.82) is 0 Å². The van der Waals surface area contributed by atoms with E-state index in [9.17, 15) is 0 Å². The summed E-state index contributed by atoms with van der Waals surface area (Å²) >= 11 is 0. The van der Waals surface area contributed by atoms with E-state index in [-0.39, 0.29) is 0 Å². The average molecular weight is 413 g/mol. The average Bonchev–Trinajstić information content (AvgIpc) is 3.29. The summed E-state index contributed by atoms with van der Waals surface area (Å²) in [5.41, 5.74) is 2.28. The maximum absolute atomic E-state index is 5.99. The summed E-state index contributed by atoms with van der Waals surface area (Å²) in [4.78, 5) is 8.65. The number of nitrogens with zero attached hydrogens (tertiary/aromatic N) is 2. The largest absolute Gasteiger partial charge is 0.493 e. The van der Waals surface area contributed by atoms with E-state index in [1.807, 2.05) is 30.3 Å². The van der Waals surface area contributed by atoms with Crippen LogP contribution in [-0.4, -0.2) is 44.9 Å². The van der Waals surface area contributed by atoms with Crippen LogP contribution in [0.25, 0.3) is 0 Å². The van der Waals surface area contributed by atoms with Crippen LogP contribution in [-0.2, 0) is 13.0 Å². The minimum absolute atomic E-state index is 0.312. The predicted octanol–water partition coefficient (Wildman–Crippen LogP) is 3.33. The van der Waals surface area contributed by atoms with Crippen LogP contribution in [0.3, 0.4) is 0 Å². The number of hydrogen-bond acceptors (Lipinski definition) is 5. The predicted molar refractivity (Wildman–Crippen MR) is 119 cm³/mol. The van der Waals surface area contributed by atoms with Crippen molar-refractivity contribution in [2.24, 2.45) is 4.99 Å². The van der Waals surface area contributed by atoms with Gasteiger partial charge in [-0.1, -0.05) is 6.07 Å². The lowest BCUT2D eigenvalue weighted by molar-refractivity contribution is 0.201. The molecule has 0 aliphatic heterocycles. The maximum atomic E-state index is 5.99. The molecule has 7 nitrogen and oxygen atoms in total. The number of guanidine groups is 1. The van der Waals surface area contributed by atoms with Gasteiger partial charge >= 0.3 is 0 Å². The smallest absolute Gasteiger partial charge is 0.213 e. The van der Waals surface area contributed by atoms with E-state index in [4.69, 9.17) is 14.2 Å². The summed E-state index contributed by atoms with van der Waals surface area (Å²) in [6.45, 7) is 1.40. The summed E-state index contributed by atoms with van der Waals surface area (Å²) in [5.74, 6) is 2.94. The van der Waals surface area contributed by atoms with Crippen molar-refractivity contribution in [3.8, 4) is 17.4 Å². The minimum Gasteiger partial charge on any atom is -0.493 e. The Hall–Kier alpha value is -2.96. The van der Waals surface area contributed by atoms with Gasteiger partial charge in [0.1, 0.15) is 6.10 Å². The van der Waals surface area contributed by atoms with Crippen LogP contribution in [0.1, 0.15) is 36.8 Å². The SMILES string of the molecule is CN=C(NCCc1ccc(OC)c(OC)c1)NCc1ccnc(OC2CCCC2)c1. The second-order valence-electron chi connectivity index (χ2n) is 7.32. The fourth-order valence-electron chi connectivity index (χ4n) is 3.57. The second-order valence-corrected chi connectivity index (χ2v) is 7.32. The third-order valence-electron chi connectivity index (χ3n) is 5.23. The molecule has 2 N–H and O–H groups in total. The number of methoxy groups -OCH3 is 2. The molecule has 3 rings (SSSR count).